The second-order valence-corrected chi connectivity index (χ2v) is 9.30. The predicted octanol–water partition coefficient (Wildman–Crippen LogP) is 5.38. The van der Waals surface area contributed by atoms with Gasteiger partial charge in [-0.2, -0.15) is 0 Å². The first-order valence-corrected chi connectivity index (χ1v) is 11.6. The van der Waals surface area contributed by atoms with Crippen LogP contribution in [0.3, 0.4) is 0 Å². The van der Waals surface area contributed by atoms with Crippen LogP contribution in [-0.2, 0) is 11.2 Å². The highest BCUT2D eigenvalue weighted by atomic mass is 35.5. The van der Waals surface area contributed by atoms with E-state index < -0.39 is 0 Å². The fourth-order valence-corrected chi connectivity index (χ4v) is 4.77. The molecule has 2 aliphatic rings. The Balaban J connectivity index is 1.48. The zero-order valence-electron chi connectivity index (χ0n) is 17.1. The molecule has 3 heterocycles. The maximum absolute atomic E-state index is 9.73. The van der Waals surface area contributed by atoms with Gasteiger partial charge in [-0.25, -0.2) is 4.98 Å². The third-order valence-corrected chi connectivity index (χ3v) is 6.90. The normalized spacial score (nSPS) is 22.8. The van der Waals surface area contributed by atoms with Crippen LogP contribution in [0.4, 0.5) is 5.69 Å². The zero-order valence-corrected chi connectivity index (χ0v) is 18.6. The number of aliphatic hydroxyl groups is 1. The Labute approximate surface area is 188 Å². The molecule has 1 saturated carbocycles. The molecular weight excluding hydrogens is 421 g/mol. The summed E-state index contributed by atoms with van der Waals surface area (Å²) in [5.74, 6) is 1.15. The number of hydrogen-bond donors (Lipinski definition) is 2. The van der Waals surface area contributed by atoms with E-state index in [1.165, 1.54) is 0 Å². The SMILES string of the molecule is OC1CCC(Cc2cc(-c3cnc(Cl)c(NCC4CCOCC4)c3)c(Cl)cn2)CC1. The molecule has 0 atom stereocenters. The maximum Gasteiger partial charge on any atom is 0.152 e. The van der Waals surface area contributed by atoms with Crippen LogP contribution >= 0.6 is 23.2 Å². The predicted molar refractivity (Wildman–Crippen MR) is 121 cm³/mol. The molecule has 4 rings (SSSR count). The number of nitrogens with zero attached hydrogens (tertiary/aromatic N) is 2. The van der Waals surface area contributed by atoms with Gasteiger partial charge in [-0.3, -0.25) is 4.98 Å². The van der Waals surface area contributed by atoms with E-state index in [0.29, 0.717) is 22.0 Å². The first kappa shape index (κ1) is 21.8. The summed E-state index contributed by atoms with van der Waals surface area (Å²) in [5, 5.41) is 14.3. The monoisotopic (exact) mass is 449 g/mol. The Morgan fingerprint density at radius 2 is 1.73 bits per heavy atom. The summed E-state index contributed by atoms with van der Waals surface area (Å²) in [6.07, 6.45) is 10.3. The van der Waals surface area contributed by atoms with Crippen LogP contribution in [0.5, 0.6) is 0 Å². The van der Waals surface area contributed by atoms with Gasteiger partial charge in [-0.1, -0.05) is 23.2 Å². The van der Waals surface area contributed by atoms with Crippen LogP contribution < -0.4 is 5.32 Å². The molecule has 0 aromatic carbocycles. The quantitative estimate of drug-likeness (QED) is 0.579. The lowest BCUT2D eigenvalue weighted by Gasteiger charge is -2.25. The van der Waals surface area contributed by atoms with Gasteiger partial charge in [-0.05, 0) is 68.9 Å². The Hall–Kier alpha value is -1.40. The van der Waals surface area contributed by atoms with E-state index in [1.54, 1.807) is 12.4 Å². The molecule has 0 spiro atoms. The van der Waals surface area contributed by atoms with E-state index in [2.05, 4.69) is 21.4 Å². The van der Waals surface area contributed by atoms with Crippen molar-refractivity contribution in [2.45, 2.75) is 51.0 Å². The number of ether oxygens (including phenoxy) is 1. The van der Waals surface area contributed by atoms with Crippen molar-refractivity contribution in [1.82, 2.24) is 9.97 Å². The van der Waals surface area contributed by atoms with Gasteiger partial charge >= 0.3 is 0 Å². The van der Waals surface area contributed by atoms with E-state index in [9.17, 15) is 5.11 Å². The molecule has 2 aromatic rings. The van der Waals surface area contributed by atoms with Crippen LogP contribution in [0.15, 0.2) is 24.5 Å². The maximum atomic E-state index is 9.73. The standard InChI is InChI=1S/C23H29Cl2N3O2/c24-21-14-26-18(9-15-1-3-19(29)4-2-15)11-20(21)17-10-22(23(25)28-13-17)27-12-16-5-7-30-8-6-16/h10-11,13-16,19,27,29H,1-9,12H2. The molecule has 2 fully saturated rings. The van der Waals surface area contributed by atoms with Crippen LogP contribution in [0.2, 0.25) is 10.2 Å². The molecule has 2 N–H and O–H groups in total. The molecule has 1 aliphatic carbocycles. The molecule has 162 valence electrons. The van der Waals surface area contributed by atoms with Gasteiger partial charge in [0.2, 0.25) is 0 Å². The number of pyridine rings is 2. The lowest BCUT2D eigenvalue weighted by Crippen LogP contribution is -2.22. The molecule has 7 heteroatoms. The zero-order chi connectivity index (χ0) is 20.9. The van der Waals surface area contributed by atoms with Crippen molar-refractivity contribution >= 4 is 28.9 Å². The Kier molecular flexibility index (Phi) is 7.47. The number of aliphatic hydroxyl groups excluding tert-OH is 1. The van der Waals surface area contributed by atoms with Gasteiger partial charge in [0.1, 0.15) is 0 Å². The van der Waals surface area contributed by atoms with Crippen molar-refractivity contribution in [2.24, 2.45) is 11.8 Å². The number of aromatic nitrogens is 2. The van der Waals surface area contributed by atoms with Crippen LogP contribution in [0, 0.1) is 11.8 Å². The molecule has 1 aliphatic heterocycles. The van der Waals surface area contributed by atoms with E-state index >= 15 is 0 Å². The largest absolute Gasteiger partial charge is 0.393 e. The summed E-state index contributed by atoms with van der Waals surface area (Å²) in [6.45, 7) is 2.51. The van der Waals surface area contributed by atoms with Crippen molar-refractivity contribution < 1.29 is 9.84 Å². The van der Waals surface area contributed by atoms with Crippen molar-refractivity contribution in [3.05, 3.63) is 40.4 Å². The smallest absolute Gasteiger partial charge is 0.152 e. The molecular formula is C23H29Cl2N3O2. The average molecular weight is 450 g/mol. The molecule has 2 aromatic heterocycles. The van der Waals surface area contributed by atoms with E-state index in [4.69, 9.17) is 27.9 Å². The molecule has 0 bridgehead atoms. The van der Waals surface area contributed by atoms with Gasteiger partial charge in [0.05, 0.1) is 16.8 Å². The number of hydrogen-bond acceptors (Lipinski definition) is 5. The Morgan fingerprint density at radius 1 is 0.967 bits per heavy atom. The summed E-state index contributed by atoms with van der Waals surface area (Å²) >= 11 is 12.8. The first-order valence-electron chi connectivity index (χ1n) is 10.9. The first-order chi connectivity index (χ1) is 14.6. The molecule has 5 nitrogen and oxygen atoms in total. The molecule has 1 saturated heterocycles. The van der Waals surface area contributed by atoms with Crippen LogP contribution in [0.1, 0.15) is 44.2 Å². The Bertz CT molecular complexity index is 850. The minimum absolute atomic E-state index is 0.137. The topological polar surface area (TPSA) is 67.3 Å². The fourth-order valence-electron chi connectivity index (χ4n) is 4.38. The van der Waals surface area contributed by atoms with Gasteiger partial charge in [0.25, 0.3) is 0 Å². The lowest BCUT2D eigenvalue weighted by molar-refractivity contribution is 0.0699. The van der Waals surface area contributed by atoms with Crippen LogP contribution in [-0.4, -0.2) is 40.9 Å². The number of halogens is 2. The number of nitrogens with one attached hydrogen (secondary N) is 1. The highest BCUT2D eigenvalue weighted by Gasteiger charge is 2.21. The highest BCUT2D eigenvalue weighted by Crippen LogP contribution is 2.33. The van der Waals surface area contributed by atoms with Gasteiger partial charge in [0, 0.05) is 49.0 Å². The summed E-state index contributed by atoms with van der Waals surface area (Å²) in [7, 11) is 0. The minimum atomic E-state index is -0.137. The molecule has 0 amide bonds. The molecule has 30 heavy (non-hydrogen) atoms. The minimum Gasteiger partial charge on any atom is -0.393 e. The van der Waals surface area contributed by atoms with Crippen molar-refractivity contribution in [3.8, 4) is 11.1 Å². The fraction of sp³-hybridized carbons (Fsp3) is 0.565. The third kappa shape index (κ3) is 5.64. The Morgan fingerprint density at radius 3 is 2.50 bits per heavy atom. The summed E-state index contributed by atoms with van der Waals surface area (Å²) < 4.78 is 5.44. The van der Waals surface area contributed by atoms with Crippen molar-refractivity contribution in [3.63, 3.8) is 0 Å². The number of rotatable bonds is 6. The summed E-state index contributed by atoms with van der Waals surface area (Å²) in [6, 6.07) is 4.09. The molecule has 0 unspecified atom stereocenters. The van der Waals surface area contributed by atoms with Gasteiger partial charge < -0.3 is 15.2 Å². The van der Waals surface area contributed by atoms with E-state index in [0.717, 1.165) is 87.2 Å². The molecule has 0 radical (unpaired) electrons. The van der Waals surface area contributed by atoms with E-state index in [-0.39, 0.29) is 6.10 Å². The number of anilines is 1. The van der Waals surface area contributed by atoms with Crippen molar-refractivity contribution in [2.75, 3.05) is 25.1 Å². The third-order valence-electron chi connectivity index (χ3n) is 6.30. The summed E-state index contributed by atoms with van der Waals surface area (Å²) in [5.41, 5.74) is 3.72. The van der Waals surface area contributed by atoms with E-state index in [1.807, 2.05) is 6.07 Å². The second-order valence-electron chi connectivity index (χ2n) is 8.53. The van der Waals surface area contributed by atoms with Crippen molar-refractivity contribution in [1.29, 1.82) is 0 Å². The van der Waals surface area contributed by atoms with Gasteiger partial charge in [-0.15, -0.1) is 0 Å². The van der Waals surface area contributed by atoms with Crippen LogP contribution in [0.25, 0.3) is 11.1 Å². The average Bonchev–Trinajstić information content (AvgIpc) is 2.77. The van der Waals surface area contributed by atoms with Gasteiger partial charge in [0.15, 0.2) is 5.15 Å². The highest BCUT2D eigenvalue weighted by molar-refractivity contribution is 6.33. The summed E-state index contributed by atoms with van der Waals surface area (Å²) in [4.78, 5) is 8.93. The second kappa shape index (κ2) is 10.3. The lowest BCUT2D eigenvalue weighted by atomic mass is 9.84.